The minimum atomic E-state index is -0.0260. The van der Waals surface area contributed by atoms with E-state index in [9.17, 15) is 4.79 Å². The molecule has 0 saturated carbocycles. The Morgan fingerprint density at radius 1 is 1.38 bits per heavy atom. The maximum absolute atomic E-state index is 11.2. The smallest absolute Gasteiger partial charge is 0.126 e. The molecule has 0 radical (unpaired) electrons. The molecule has 0 spiro atoms. The van der Waals surface area contributed by atoms with Gasteiger partial charge in [-0.1, -0.05) is 0 Å². The van der Waals surface area contributed by atoms with Crippen molar-refractivity contribution in [2.75, 3.05) is 24.7 Å². The molecule has 2 rings (SSSR count). The summed E-state index contributed by atoms with van der Waals surface area (Å²) in [6.45, 7) is 1.66. The summed E-state index contributed by atoms with van der Waals surface area (Å²) in [5.41, 5.74) is -0.0260. The van der Waals surface area contributed by atoms with Crippen molar-refractivity contribution in [1.29, 1.82) is 0 Å². The van der Waals surface area contributed by atoms with Crippen LogP contribution in [0.25, 0.3) is 0 Å². The summed E-state index contributed by atoms with van der Waals surface area (Å²) in [4.78, 5) is 11.2. The lowest BCUT2D eigenvalue weighted by atomic mass is 9.72. The van der Waals surface area contributed by atoms with Crippen LogP contribution in [0.3, 0.4) is 0 Å². The van der Waals surface area contributed by atoms with E-state index in [2.05, 4.69) is 0 Å². The molecule has 0 aromatic carbocycles. The number of thioether (sulfide) groups is 1. The minimum Gasteiger partial charge on any atom is -0.381 e. The standard InChI is InChI=1S/C10H16O2S/c11-8-10(2-5-13-6-3-10)9-1-4-12-7-9/h8-9H,1-7H2. The number of carbonyl (C=O) groups is 1. The highest BCUT2D eigenvalue weighted by Crippen LogP contribution is 2.42. The summed E-state index contributed by atoms with van der Waals surface area (Å²) in [5.74, 6) is 2.80. The molecule has 0 amide bonds. The zero-order valence-corrected chi connectivity index (χ0v) is 8.65. The maximum atomic E-state index is 11.2. The molecule has 3 heteroatoms. The number of carbonyl (C=O) groups excluding carboxylic acids is 1. The van der Waals surface area contributed by atoms with E-state index in [1.165, 1.54) is 6.29 Å². The Hall–Kier alpha value is -0.0200. The molecule has 0 aromatic heterocycles. The third-order valence-electron chi connectivity index (χ3n) is 3.40. The van der Waals surface area contributed by atoms with Crippen molar-refractivity contribution in [3.05, 3.63) is 0 Å². The molecular weight excluding hydrogens is 184 g/mol. The van der Waals surface area contributed by atoms with Crippen LogP contribution in [-0.4, -0.2) is 31.0 Å². The van der Waals surface area contributed by atoms with E-state index < -0.39 is 0 Å². The molecule has 0 N–H and O–H groups in total. The molecule has 1 unspecified atom stereocenters. The van der Waals surface area contributed by atoms with E-state index in [1.54, 1.807) is 0 Å². The van der Waals surface area contributed by atoms with Gasteiger partial charge in [0.1, 0.15) is 6.29 Å². The maximum Gasteiger partial charge on any atom is 0.126 e. The molecule has 2 aliphatic rings. The quantitative estimate of drug-likeness (QED) is 0.635. The van der Waals surface area contributed by atoms with Gasteiger partial charge in [0, 0.05) is 12.0 Å². The van der Waals surface area contributed by atoms with Gasteiger partial charge in [-0.3, -0.25) is 0 Å². The monoisotopic (exact) mass is 200 g/mol. The van der Waals surface area contributed by atoms with Gasteiger partial charge in [0.15, 0.2) is 0 Å². The Kier molecular flexibility index (Phi) is 2.94. The van der Waals surface area contributed by atoms with Crippen molar-refractivity contribution in [3.63, 3.8) is 0 Å². The molecule has 0 aliphatic carbocycles. The zero-order valence-electron chi connectivity index (χ0n) is 7.83. The number of ether oxygens (including phenoxy) is 1. The number of rotatable bonds is 2. The van der Waals surface area contributed by atoms with Crippen LogP contribution < -0.4 is 0 Å². The number of hydrogen-bond acceptors (Lipinski definition) is 3. The van der Waals surface area contributed by atoms with Gasteiger partial charge in [0.2, 0.25) is 0 Å². The first-order chi connectivity index (χ1) is 6.37. The van der Waals surface area contributed by atoms with Gasteiger partial charge in [-0.2, -0.15) is 11.8 Å². The van der Waals surface area contributed by atoms with Crippen molar-refractivity contribution in [3.8, 4) is 0 Å². The zero-order chi connectivity index (χ0) is 9.15. The normalized spacial score (nSPS) is 33.1. The van der Waals surface area contributed by atoms with Crippen LogP contribution >= 0.6 is 11.8 Å². The highest BCUT2D eigenvalue weighted by molar-refractivity contribution is 7.99. The summed E-state index contributed by atoms with van der Waals surface area (Å²) in [6.07, 6.45) is 4.43. The Balaban J connectivity index is 2.07. The first kappa shape index (κ1) is 9.53. The Labute approximate surface area is 83.4 Å². The fourth-order valence-corrected chi connectivity index (χ4v) is 3.61. The molecule has 1 atom stereocenters. The van der Waals surface area contributed by atoms with Crippen molar-refractivity contribution >= 4 is 18.0 Å². The molecule has 0 aromatic rings. The molecule has 2 heterocycles. The van der Waals surface area contributed by atoms with Crippen LogP contribution in [0.5, 0.6) is 0 Å². The van der Waals surface area contributed by atoms with E-state index in [0.29, 0.717) is 5.92 Å². The van der Waals surface area contributed by atoms with Crippen molar-refractivity contribution < 1.29 is 9.53 Å². The second kappa shape index (κ2) is 4.01. The van der Waals surface area contributed by atoms with Crippen LogP contribution in [0.1, 0.15) is 19.3 Å². The van der Waals surface area contributed by atoms with Gasteiger partial charge < -0.3 is 9.53 Å². The summed E-state index contributed by atoms with van der Waals surface area (Å²) >= 11 is 1.97. The topological polar surface area (TPSA) is 26.3 Å². The molecule has 13 heavy (non-hydrogen) atoms. The molecule has 2 fully saturated rings. The summed E-state index contributed by atoms with van der Waals surface area (Å²) < 4.78 is 5.37. The summed E-state index contributed by atoms with van der Waals surface area (Å²) in [6, 6.07) is 0. The second-order valence-electron chi connectivity index (χ2n) is 4.02. The minimum absolute atomic E-state index is 0.0260. The predicted octanol–water partition coefficient (Wildman–Crippen LogP) is 1.74. The van der Waals surface area contributed by atoms with Crippen molar-refractivity contribution in [2.45, 2.75) is 19.3 Å². The average Bonchev–Trinajstić information content (AvgIpc) is 2.72. The molecule has 0 bridgehead atoms. The van der Waals surface area contributed by atoms with Crippen molar-refractivity contribution in [1.82, 2.24) is 0 Å². The number of aldehydes is 1. The van der Waals surface area contributed by atoms with Gasteiger partial charge in [0.25, 0.3) is 0 Å². The first-order valence-electron chi connectivity index (χ1n) is 4.99. The van der Waals surface area contributed by atoms with Crippen molar-refractivity contribution in [2.24, 2.45) is 11.3 Å². The second-order valence-corrected chi connectivity index (χ2v) is 5.25. The summed E-state index contributed by atoms with van der Waals surface area (Å²) in [5, 5.41) is 0. The van der Waals surface area contributed by atoms with Gasteiger partial charge in [-0.05, 0) is 36.7 Å². The molecule has 2 aliphatic heterocycles. The van der Waals surface area contributed by atoms with Crippen LogP contribution in [-0.2, 0) is 9.53 Å². The highest BCUT2D eigenvalue weighted by Gasteiger charge is 2.41. The largest absolute Gasteiger partial charge is 0.381 e. The van der Waals surface area contributed by atoms with E-state index in [4.69, 9.17) is 4.74 Å². The van der Waals surface area contributed by atoms with E-state index in [-0.39, 0.29) is 5.41 Å². The van der Waals surface area contributed by atoms with Crippen LogP contribution in [0.4, 0.5) is 0 Å². The molecule has 2 nitrogen and oxygen atoms in total. The van der Waals surface area contributed by atoms with Gasteiger partial charge in [-0.15, -0.1) is 0 Å². The van der Waals surface area contributed by atoms with Gasteiger partial charge >= 0.3 is 0 Å². The van der Waals surface area contributed by atoms with E-state index in [1.807, 2.05) is 11.8 Å². The third-order valence-corrected chi connectivity index (χ3v) is 4.39. The SMILES string of the molecule is O=CC1(C2CCOC2)CCSCC1. The van der Waals surface area contributed by atoms with E-state index >= 15 is 0 Å². The Morgan fingerprint density at radius 3 is 2.69 bits per heavy atom. The third kappa shape index (κ3) is 1.77. The molecule has 74 valence electrons. The summed E-state index contributed by atoms with van der Waals surface area (Å²) in [7, 11) is 0. The van der Waals surface area contributed by atoms with Crippen LogP contribution in [0.2, 0.25) is 0 Å². The highest BCUT2D eigenvalue weighted by atomic mass is 32.2. The first-order valence-corrected chi connectivity index (χ1v) is 6.15. The van der Waals surface area contributed by atoms with Gasteiger partial charge in [-0.25, -0.2) is 0 Å². The lowest BCUT2D eigenvalue weighted by molar-refractivity contribution is -0.119. The Bertz CT molecular complexity index is 181. The fourth-order valence-electron chi connectivity index (χ4n) is 2.36. The fraction of sp³-hybridized carbons (Fsp3) is 0.900. The van der Waals surface area contributed by atoms with Gasteiger partial charge in [0.05, 0.1) is 6.61 Å². The average molecular weight is 200 g/mol. The van der Waals surface area contributed by atoms with Crippen LogP contribution in [0, 0.1) is 11.3 Å². The lowest BCUT2D eigenvalue weighted by Gasteiger charge is -2.36. The molecule has 2 saturated heterocycles. The number of hydrogen-bond donors (Lipinski definition) is 0. The Morgan fingerprint density at radius 2 is 2.15 bits per heavy atom. The predicted molar refractivity (Wildman–Crippen MR) is 54.0 cm³/mol. The molecular formula is C10H16O2S. The van der Waals surface area contributed by atoms with E-state index in [0.717, 1.165) is 44.0 Å². The lowest BCUT2D eigenvalue weighted by Crippen LogP contribution is -2.36. The van der Waals surface area contributed by atoms with Crippen LogP contribution in [0.15, 0.2) is 0 Å².